The molecular formula is C15H30N2O2. The standard InChI is InChI=1S/C15H30N2O2/c1-7-11(2)13(16-6)12-8-9-17(10-12)14(18)19-15(3,4)5/h11-13,16H,7-10H2,1-6H3. The van der Waals surface area contributed by atoms with Crippen molar-refractivity contribution >= 4 is 6.09 Å². The Bertz CT molecular complexity index is 299. The van der Waals surface area contributed by atoms with Crippen molar-refractivity contribution in [1.29, 1.82) is 0 Å². The predicted octanol–water partition coefficient (Wildman–Crippen LogP) is 2.88. The molecule has 0 saturated carbocycles. The number of likely N-dealkylation sites (tertiary alicyclic amines) is 1. The van der Waals surface area contributed by atoms with Crippen molar-refractivity contribution in [2.45, 2.75) is 59.1 Å². The molecule has 1 heterocycles. The molecule has 1 N–H and O–H groups in total. The monoisotopic (exact) mass is 270 g/mol. The van der Waals surface area contributed by atoms with Crippen molar-refractivity contribution in [3.8, 4) is 0 Å². The lowest BCUT2D eigenvalue weighted by Crippen LogP contribution is -2.41. The smallest absolute Gasteiger partial charge is 0.410 e. The summed E-state index contributed by atoms with van der Waals surface area (Å²) in [5.74, 6) is 1.17. The Labute approximate surface area is 117 Å². The molecule has 1 aliphatic heterocycles. The minimum absolute atomic E-state index is 0.172. The van der Waals surface area contributed by atoms with Crippen molar-refractivity contribution in [2.75, 3.05) is 20.1 Å². The van der Waals surface area contributed by atoms with Crippen LogP contribution in [0.4, 0.5) is 4.79 Å². The second-order valence-electron chi connectivity index (χ2n) is 6.68. The Hall–Kier alpha value is -0.770. The van der Waals surface area contributed by atoms with Crippen LogP contribution in [0.1, 0.15) is 47.5 Å². The Kier molecular flexibility index (Phi) is 5.65. The summed E-state index contributed by atoms with van der Waals surface area (Å²) < 4.78 is 5.44. The highest BCUT2D eigenvalue weighted by Gasteiger charge is 2.34. The van der Waals surface area contributed by atoms with Gasteiger partial charge in [0.2, 0.25) is 0 Å². The molecule has 3 unspecified atom stereocenters. The highest BCUT2D eigenvalue weighted by molar-refractivity contribution is 5.68. The lowest BCUT2D eigenvalue weighted by atomic mass is 9.87. The molecule has 1 saturated heterocycles. The number of rotatable bonds is 4. The van der Waals surface area contributed by atoms with Crippen LogP contribution >= 0.6 is 0 Å². The fourth-order valence-electron chi connectivity index (χ4n) is 2.81. The molecule has 0 bridgehead atoms. The first kappa shape index (κ1) is 16.3. The zero-order chi connectivity index (χ0) is 14.6. The maximum absolute atomic E-state index is 12.0. The van der Waals surface area contributed by atoms with Gasteiger partial charge in [0.05, 0.1) is 0 Å². The summed E-state index contributed by atoms with van der Waals surface area (Å²) in [4.78, 5) is 13.9. The number of hydrogen-bond donors (Lipinski definition) is 1. The molecule has 0 spiro atoms. The molecule has 0 radical (unpaired) electrons. The first-order chi connectivity index (χ1) is 8.78. The minimum Gasteiger partial charge on any atom is -0.444 e. The molecule has 4 heteroatoms. The summed E-state index contributed by atoms with van der Waals surface area (Å²) in [6.07, 6.45) is 2.05. The fraction of sp³-hybridized carbons (Fsp3) is 0.933. The van der Waals surface area contributed by atoms with E-state index in [2.05, 4.69) is 19.2 Å². The number of carbonyl (C=O) groups excluding carboxylic acids is 1. The second kappa shape index (κ2) is 6.60. The van der Waals surface area contributed by atoms with Gasteiger partial charge >= 0.3 is 6.09 Å². The fourth-order valence-corrected chi connectivity index (χ4v) is 2.81. The largest absolute Gasteiger partial charge is 0.444 e. The van der Waals surface area contributed by atoms with Crippen LogP contribution in [0.3, 0.4) is 0 Å². The summed E-state index contributed by atoms with van der Waals surface area (Å²) in [6.45, 7) is 11.8. The van der Waals surface area contributed by atoms with Crippen molar-refractivity contribution in [2.24, 2.45) is 11.8 Å². The van der Waals surface area contributed by atoms with Crippen molar-refractivity contribution in [1.82, 2.24) is 10.2 Å². The number of hydrogen-bond acceptors (Lipinski definition) is 3. The number of nitrogens with zero attached hydrogens (tertiary/aromatic N) is 1. The normalized spacial score (nSPS) is 23.3. The molecule has 1 rings (SSSR count). The Balaban J connectivity index is 2.55. The van der Waals surface area contributed by atoms with Crippen molar-refractivity contribution in [3.05, 3.63) is 0 Å². The van der Waals surface area contributed by atoms with Crippen LogP contribution < -0.4 is 5.32 Å². The summed E-state index contributed by atoms with van der Waals surface area (Å²) in [6, 6.07) is 0.484. The third kappa shape index (κ3) is 4.68. The summed E-state index contributed by atoms with van der Waals surface area (Å²) in [7, 11) is 2.02. The molecular weight excluding hydrogens is 240 g/mol. The second-order valence-corrected chi connectivity index (χ2v) is 6.68. The van der Waals surface area contributed by atoms with Crippen LogP contribution in [0, 0.1) is 11.8 Å². The molecule has 4 nitrogen and oxygen atoms in total. The average molecular weight is 270 g/mol. The molecule has 0 aromatic rings. The molecule has 3 atom stereocenters. The van der Waals surface area contributed by atoms with E-state index in [-0.39, 0.29) is 6.09 Å². The van der Waals surface area contributed by atoms with E-state index < -0.39 is 5.60 Å². The molecule has 1 amide bonds. The lowest BCUT2D eigenvalue weighted by Gasteiger charge is -2.29. The maximum atomic E-state index is 12.0. The van der Waals surface area contributed by atoms with Crippen LogP contribution in [0.5, 0.6) is 0 Å². The van der Waals surface area contributed by atoms with Crippen molar-refractivity contribution < 1.29 is 9.53 Å². The van der Waals surface area contributed by atoms with Gasteiger partial charge < -0.3 is 15.0 Å². The predicted molar refractivity (Wildman–Crippen MR) is 78.2 cm³/mol. The molecule has 0 aromatic carbocycles. The highest BCUT2D eigenvalue weighted by Crippen LogP contribution is 2.26. The van der Waals surface area contributed by atoms with Gasteiger partial charge in [0, 0.05) is 19.1 Å². The van der Waals surface area contributed by atoms with Gasteiger partial charge in [-0.2, -0.15) is 0 Å². The molecule has 1 aliphatic rings. The zero-order valence-corrected chi connectivity index (χ0v) is 13.3. The summed E-state index contributed by atoms with van der Waals surface area (Å²) in [5.41, 5.74) is -0.408. The van der Waals surface area contributed by atoms with E-state index in [1.807, 2.05) is 32.7 Å². The van der Waals surface area contributed by atoms with Gasteiger partial charge in [-0.3, -0.25) is 0 Å². The lowest BCUT2D eigenvalue weighted by molar-refractivity contribution is 0.0283. The molecule has 19 heavy (non-hydrogen) atoms. The molecule has 1 fully saturated rings. The van der Waals surface area contributed by atoms with E-state index in [4.69, 9.17) is 4.74 Å². The van der Waals surface area contributed by atoms with Gasteiger partial charge in [-0.25, -0.2) is 4.79 Å². The van der Waals surface area contributed by atoms with Gasteiger partial charge in [0.25, 0.3) is 0 Å². The van der Waals surface area contributed by atoms with Crippen LogP contribution in [-0.2, 0) is 4.74 Å². The van der Waals surface area contributed by atoms with Crippen LogP contribution in [0.25, 0.3) is 0 Å². The first-order valence-electron chi connectivity index (χ1n) is 7.43. The third-order valence-corrected chi connectivity index (χ3v) is 3.97. The minimum atomic E-state index is -0.408. The van der Waals surface area contributed by atoms with Gasteiger partial charge in [0.1, 0.15) is 5.60 Å². The SMILES string of the molecule is CCC(C)C(NC)C1CCN(C(=O)OC(C)(C)C)C1. The molecule has 0 aliphatic carbocycles. The van der Waals surface area contributed by atoms with Gasteiger partial charge in [-0.1, -0.05) is 20.3 Å². The summed E-state index contributed by atoms with van der Waals surface area (Å²) >= 11 is 0. The number of amides is 1. The van der Waals surface area contributed by atoms with Gasteiger partial charge in [-0.05, 0) is 46.1 Å². The van der Waals surface area contributed by atoms with Crippen LogP contribution in [-0.4, -0.2) is 42.8 Å². The molecule has 112 valence electrons. The first-order valence-corrected chi connectivity index (χ1v) is 7.43. The van der Waals surface area contributed by atoms with E-state index in [0.29, 0.717) is 17.9 Å². The van der Waals surface area contributed by atoms with E-state index in [0.717, 1.165) is 25.9 Å². The van der Waals surface area contributed by atoms with Gasteiger partial charge in [-0.15, -0.1) is 0 Å². The molecule has 0 aromatic heterocycles. The van der Waals surface area contributed by atoms with Crippen molar-refractivity contribution in [3.63, 3.8) is 0 Å². The topological polar surface area (TPSA) is 41.6 Å². The van der Waals surface area contributed by atoms with Crippen LogP contribution in [0.2, 0.25) is 0 Å². The van der Waals surface area contributed by atoms with Gasteiger partial charge in [0.15, 0.2) is 0 Å². The number of nitrogens with one attached hydrogen (secondary N) is 1. The Morgan fingerprint density at radius 1 is 1.47 bits per heavy atom. The number of carbonyl (C=O) groups is 1. The Morgan fingerprint density at radius 2 is 2.11 bits per heavy atom. The Morgan fingerprint density at radius 3 is 2.58 bits per heavy atom. The third-order valence-electron chi connectivity index (χ3n) is 3.97. The van der Waals surface area contributed by atoms with E-state index in [9.17, 15) is 4.79 Å². The van der Waals surface area contributed by atoms with E-state index in [1.165, 1.54) is 0 Å². The average Bonchev–Trinajstić information content (AvgIpc) is 2.77. The quantitative estimate of drug-likeness (QED) is 0.854. The highest BCUT2D eigenvalue weighted by atomic mass is 16.6. The summed E-state index contributed by atoms with van der Waals surface area (Å²) in [5, 5.41) is 3.42. The number of ether oxygens (including phenoxy) is 1. The zero-order valence-electron chi connectivity index (χ0n) is 13.3. The van der Waals surface area contributed by atoms with E-state index in [1.54, 1.807) is 0 Å². The van der Waals surface area contributed by atoms with Crippen LogP contribution in [0.15, 0.2) is 0 Å². The maximum Gasteiger partial charge on any atom is 0.410 e. The van der Waals surface area contributed by atoms with E-state index >= 15 is 0 Å².